The van der Waals surface area contributed by atoms with Crippen molar-refractivity contribution >= 4 is 6.21 Å². The predicted octanol–water partition coefficient (Wildman–Crippen LogP) is 2.93. The van der Waals surface area contributed by atoms with E-state index in [0.717, 1.165) is 5.56 Å². The first-order valence-electron chi connectivity index (χ1n) is 5.93. The summed E-state index contributed by atoms with van der Waals surface area (Å²) in [4.78, 5) is 5.08. The lowest BCUT2D eigenvalue weighted by Crippen LogP contribution is -1.93. The summed E-state index contributed by atoms with van der Waals surface area (Å²) in [5.41, 5.74) is 0.778. The van der Waals surface area contributed by atoms with Gasteiger partial charge in [-0.05, 0) is 37.3 Å². The molecular weight excluding hydrogens is 246 g/mol. The van der Waals surface area contributed by atoms with Crippen LogP contribution >= 0.6 is 0 Å². The predicted molar refractivity (Wildman–Crippen MR) is 70.4 cm³/mol. The zero-order chi connectivity index (χ0) is 13.5. The van der Waals surface area contributed by atoms with Gasteiger partial charge in [0, 0.05) is 5.56 Å². The molecule has 2 aromatic rings. The minimum Gasteiger partial charge on any atom is -0.504 e. The summed E-state index contributed by atoms with van der Waals surface area (Å²) in [5, 5.41) is 13.4. The van der Waals surface area contributed by atoms with Gasteiger partial charge in [-0.25, -0.2) is 0 Å². The van der Waals surface area contributed by atoms with Gasteiger partial charge in [0.1, 0.15) is 5.76 Å². The van der Waals surface area contributed by atoms with Crippen molar-refractivity contribution in [1.82, 2.24) is 0 Å². The molecule has 0 unspecified atom stereocenters. The third kappa shape index (κ3) is 3.77. The van der Waals surface area contributed by atoms with E-state index in [0.29, 0.717) is 18.1 Å². The summed E-state index contributed by atoms with van der Waals surface area (Å²) in [6.45, 7) is 2.62. The molecule has 0 saturated carbocycles. The van der Waals surface area contributed by atoms with Gasteiger partial charge in [0.25, 0.3) is 0 Å². The molecule has 0 aliphatic heterocycles. The monoisotopic (exact) mass is 261 g/mol. The number of hydrogen-bond acceptors (Lipinski definition) is 5. The summed E-state index contributed by atoms with van der Waals surface area (Å²) in [6, 6.07) is 8.56. The first-order valence-corrected chi connectivity index (χ1v) is 5.93. The normalized spacial score (nSPS) is 10.8. The first-order chi connectivity index (χ1) is 9.29. The van der Waals surface area contributed by atoms with E-state index in [-0.39, 0.29) is 12.4 Å². The van der Waals surface area contributed by atoms with Crippen LogP contribution in [-0.4, -0.2) is 17.9 Å². The lowest BCUT2D eigenvalue weighted by Gasteiger charge is -2.05. The van der Waals surface area contributed by atoms with Crippen LogP contribution in [0.2, 0.25) is 0 Å². The summed E-state index contributed by atoms with van der Waals surface area (Å²) >= 11 is 0. The van der Waals surface area contributed by atoms with Gasteiger partial charge in [-0.15, -0.1) is 0 Å². The Balaban J connectivity index is 1.92. The van der Waals surface area contributed by atoms with E-state index in [1.165, 1.54) is 0 Å². The maximum Gasteiger partial charge on any atom is 0.174 e. The molecule has 1 N–H and O–H groups in total. The van der Waals surface area contributed by atoms with Gasteiger partial charge < -0.3 is 19.1 Å². The average Bonchev–Trinajstić information content (AvgIpc) is 2.92. The third-order valence-corrected chi connectivity index (χ3v) is 2.35. The van der Waals surface area contributed by atoms with E-state index in [2.05, 4.69) is 5.16 Å². The van der Waals surface area contributed by atoms with Crippen LogP contribution in [0.5, 0.6) is 11.5 Å². The highest BCUT2D eigenvalue weighted by atomic mass is 16.6. The maximum atomic E-state index is 9.55. The van der Waals surface area contributed by atoms with Gasteiger partial charge >= 0.3 is 0 Å². The Labute approximate surface area is 111 Å². The number of furan rings is 1. The van der Waals surface area contributed by atoms with Crippen LogP contribution in [0.15, 0.2) is 46.2 Å². The van der Waals surface area contributed by atoms with Crippen molar-refractivity contribution in [1.29, 1.82) is 0 Å². The Kier molecular flexibility index (Phi) is 4.44. The molecule has 1 aromatic heterocycles. The van der Waals surface area contributed by atoms with Crippen LogP contribution in [0, 0.1) is 0 Å². The Morgan fingerprint density at radius 1 is 1.37 bits per heavy atom. The molecule has 1 aromatic carbocycles. The fraction of sp³-hybridized carbons (Fsp3) is 0.214. The summed E-state index contributed by atoms with van der Waals surface area (Å²) < 4.78 is 10.4. The number of ether oxygens (including phenoxy) is 1. The SMILES string of the molecule is CCOc1cc(/C=N/OCc2ccco2)ccc1O. The number of aromatic hydroxyl groups is 1. The maximum absolute atomic E-state index is 9.55. The molecule has 2 rings (SSSR count). The van der Waals surface area contributed by atoms with E-state index < -0.39 is 0 Å². The van der Waals surface area contributed by atoms with Gasteiger partial charge in [0.05, 0.1) is 19.1 Å². The van der Waals surface area contributed by atoms with E-state index in [1.807, 2.05) is 13.0 Å². The molecule has 0 fully saturated rings. The van der Waals surface area contributed by atoms with Crippen LogP contribution in [-0.2, 0) is 11.4 Å². The van der Waals surface area contributed by atoms with Gasteiger partial charge in [-0.1, -0.05) is 5.16 Å². The number of benzene rings is 1. The van der Waals surface area contributed by atoms with Crippen LogP contribution in [0.1, 0.15) is 18.2 Å². The van der Waals surface area contributed by atoms with Crippen LogP contribution in [0.25, 0.3) is 0 Å². The molecule has 100 valence electrons. The van der Waals surface area contributed by atoms with Crippen LogP contribution < -0.4 is 4.74 Å². The summed E-state index contributed by atoms with van der Waals surface area (Å²) in [5.74, 6) is 1.24. The van der Waals surface area contributed by atoms with Gasteiger partial charge in [0.2, 0.25) is 0 Å². The highest BCUT2D eigenvalue weighted by Gasteiger charge is 2.02. The molecule has 5 heteroatoms. The third-order valence-electron chi connectivity index (χ3n) is 2.35. The second-order valence-corrected chi connectivity index (χ2v) is 3.75. The number of hydrogen-bond donors (Lipinski definition) is 1. The highest BCUT2D eigenvalue weighted by Crippen LogP contribution is 2.26. The second-order valence-electron chi connectivity index (χ2n) is 3.75. The number of phenolic OH excluding ortho intramolecular Hbond substituents is 1. The zero-order valence-corrected chi connectivity index (χ0v) is 10.6. The van der Waals surface area contributed by atoms with Crippen LogP contribution in [0.3, 0.4) is 0 Å². The molecule has 0 aliphatic carbocycles. The molecule has 0 atom stereocenters. The van der Waals surface area contributed by atoms with Crippen molar-refractivity contribution < 1.29 is 19.1 Å². The smallest absolute Gasteiger partial charge is 0.174 e. The van der Waals surface area contributed by atoms with Gasteiger partial charge in [0.15, 0.2) is 18.1 Å². The molecule has 0 aliphatic rings. The highest BCUT2D eigenvalue weighted by molar-refractivity contribution is 5.80. The number of phenols is 1. The quantitative estimate of drug-likeness (QED) is 0.641. The summed E-state index contributed by atoms with van der Waals surface area (Å²) in [6.07, 6.45) is 3.13. The number of rotatable bonds is 6. The fourth-order valence-corrected chi connectivity index (χ4v) is 1.48. The van der Waals surface area contributed by atoms with E-state index >= 15 is 0 Å². The Morgan fingerprint density at radius 3 is 3.00 bits per heavy atom. The minimum atomic E-state index is 0.107. The van der Waals surface area contributed by atoms with Gasteiger partial charge in [-0.2, -0.15) is 0 Å². The van der Waals surface area contributed by atoms with Crippen molar-refractivity contribution in [3.63, 3.8) is 0 Å². The van der Waals surface area contributed by atoms with Crippen molar-refractivity contribution in [2.75, 3.05) is 6.61 Å². The average molecular weight is 261 g/mol. The van der Waals surface area contributed by atoms with Crippen LogP contribution in [0.4, 0.5) is 0 Å². The van der Waals surface area contributed by atoms with Crippen molar-refractivity contribution in [3.8, 4) is 11.5 Å². The second kappa shape index (κ2) is 6.49. The van der Waals surface area contributed by atoms with Crippen molar-refractivity contribution in [2.24, 2.45) is 5.16 Å². The molecule has 0 bridgehead atoms. The molecule has 0 saturated heterocycles. The molecule has 0 spiro atoms. The van der Waals surface area contributed by atoms with E-state index in [1.54, 1.807) is 36.7 Å². The zero-order valence-electron chi connectivity index (χ0n) is 10.6. The first kappa shape index (κ1) is 13.0. The standard InChI is InChI=1S/C14H15NO4/c1-2-17-14-8-11(5-6-13(14)16)9-15-19-10-12-4-3-7-18-12/h3-9,16H,2,10H2,1H3/b15-9+. The minimum absolute atomic E-state index is 0.107. The topological polar surface area (TPSA) is 64.2 Å². The summed E-state index contributed by atoms with van der Waals surface area (Å²) in [7, 11) is 0. The molecule has 0 amide bonds. The molecule has 0 radical (unpaired) electrons. The molecule has 19 heavy (non-hydrogen) atoms. The lowest BCUT2D eigenvalue weighted by molar-refractivity contribution is 0.116. The molecule has 1 heterocycles. The largest absolute Gasteiger partial charge is 0.504 e. The lowest BCUT2D eigenvalue weighted by atomic mass is 10.2. The Morgan fingerprint density at radius 2 is 2.26 bits per heavy atom. The Hall–Kier alpha value is -2.43. The number of oxime groups is 1. The van der Waals surface area contributed by atoms with E-state index in [9.17, 15) is 5.11 Å². The number of nitrogens with zero attached hydrogens (tertiary/aromatic N) is 1. The van der Waals surface area contributed by atoms with E-state index in [4.69, 9.17) is 14.0 Å². The molecular formula is C14H15NO4. The van der Waals surface area contributed by atoms with Crippen molar-refractivity contribution in [3.05, 3.63) is 47.9 Å². The van der Waals surface area contributed by atoms with Crippen molar-refractivity contribution in [2.45, 2.75) is 13.5 Å². The Bertz CT molecular complexity index is 534. The fourth-order valence-electron chi connectivity index (χ4n) is 1.48. The molecule has 5 nitrogen and oxygen atoms in total. The van der Waals surface area contributed by atoms with Gasteiger partial charge in [-0.3, -0.25) is 0 Å².